The van der Waals surface area contributed by atoms with Crippen LogP contribution in [-0.2, 0) is 52.0 Å². The van der Waals surface area contributed by atoms with Gasteiger partial charge in [-0.05, 0) is 6.42 Å². The van der Waals surface area contributed by atoms with Crippen LogP contribution in [0.2, 0.25) is 0 Å². The van der Waals surface area contributed by atoms with Crippen LogP contribution in [-0.4, -0.2) is 77.1 Å². The van der Waals surface area contributed by atoms with Crippen LogP contribution in [0.3, 0.4) is 0 Å². The van der Waals surface area contributed by atoms with Crippen molar-refractivity contribution in [2.24, 2.45) is 0 Å². The lowest BCUT2D eigenvalue weighted by Crippen LogP contribution is -2.64. The lowest BCUT2D eigenvalue weighted by atomic mass is 9.95. The Morgan fingerprint density at radius 2 is 1.11 bits per heavy atom. The van der Waals surface area contributed by atoms with Crippen molar-refractivity contribution in [2.45, 2.75) is 167 Å². The predicted molar refractivity (Wildman–Crippen MR) is 164 cm³/mol. The molecule has 1 saturated heterocycles. The SMILES string of the molecule is CCCCCCCCCCCCCCCCCC(=O)OC[C@H](F)[C@H]1O[C@@H](OP(=O)(O)O)[C@@H](OC(C)=O)[C@@H](OC(C)=O)[C@@H]1OC(C)=O. The van der Waals surface area contributed by atoms with Gasteiger partial charge in [0.05, 0.1) is 0 Å². The van der Waals surface area contributed by atoms with Gasteiger partial charge < -0.3 is 33.5 Å². The number of esters is 4. The fraction of sp³-hybridized carbons (Fsp3) is 0.871. The van der Waals surface area contributed by atoms with Gasteiger partial charge in [0.25, 0.3) is 0 Å². The van der Waals surface area contributed by atoms with Crippen molar-refractivity contribution in [3.05, 3.63) is 0 Å². The smallest absolute Gasteiger partial charge is 0.462 e. The van der Waals surface area contributed by atoms with E-state index in [9.17, 15) is 33.5 Å². The number of hydrogen-bond donors (Lipinski definition) is 2. The van der Waals surface area contributed by atoms with Gasteiger partial charge in [0.2, 0.25) is 6.29 Å². The highest BCUT2D eigenvalue weighted by molar-refractivity contribution is 7.46. The van der Waals surface area contributed by atoms with Crippen LogP contribution in [0.1, 0.15) is 130 Å². The molecule has 0 amide bonds. The van der Waals surface area contributed by atoms with E-state index < -0.39 is 75.2 Å². The standard InChI is InChI=1S/C31H54FO13P/c1-5-6-7-8-9-10-11-12-13-14-15-16-17-18-19-20-26(36)40-21-25(32)27-28(41-22(2)33)29(42-23(3)34)30(43-24(4)35)31(44-27)45-46(37,38)39/h25,27-31H,5-21H2,1-4H3,(H2,37,38,39)/t25-,27+,28+,29-,30-,31-/m0/s1. The van der Waals surface area contributed by atoms with Crippen molar-refractivity contribution in [3.63, 3.8) is 0 Å². The van der Waals surface area contributed by atoms with Crippen LogP contribution in [0.15, 0.2) is 0 Å². The third-order valence-corrected chi connectivity index (χ3v) is 7.91. The van der Waals surface area contributed by atoms with Gasteiger partial charge in [-0.15, -0.1) is 0 Å². The van der Waals surface area contributed by atoms with E-state index in [1.807, 2.05) is 0 Å². The molecule has 15 heteroatoms. The largest absolute Gasteiger partial charge is 0.472 e. The number of alkyl halides is 1. The molecule has 0 aromatic rings. The maximum atomic E-state index is 15.5. The summed E-state index contributed by atoms with van der Waals surface area (Å²) in [4.78, 5) is 66.4. The molecule has 268 valence electrons. The van der Waals surface area contributed by atoms with Gasteiger partial charge in [-0.3, -0.25) is 23.7 Å². The van der Waals surface area contributed by atoms with Crippen molar-refractivity contribution < 1.29 is 66.1 Å². The fourth-order valence-electron chi connectivity index (χ4n) is 5.30. The van der Waals surface area contributed by atoms with E-state index in [1.54, 1.807) is 0 Å². The summed E-state index contributed by atoms with van der Waals surface area (Å²) in [6.07, 6.45) is 5.93. The molecule has 0 radical (unpaired) electrons. The number of halogens is 1. The number of ether oxygens (including phenoxy) is 5. The van der Waals surface area contributed by atoms with Gasteiger partial charge in [-0.1, -0.05) is 96.8 Å². The number of rotatable bonds is 24. The Labute approximate surface area is 271 Å². The molecule has 1 heterocycles. The summed E-state index contributed by atoms with van der Waals surface area (Å²) in [6.45, 7) is 4.25. The summed E-state index contributed by atoms with van der Waals surface area (Å²) in [5.74, 6) is -3.59. The first-order chi connectivity index (χ1) is 21.7. The second kappa shape index (κ2) is 23.2. The zero-order chi connectivity index (χ0) is 34.5. The molecule has 0 aromatic heterocycles. The molecular formula is C31H54FO13P. The monoisotopic (exact) mass is 684 g/mol. The van der Waals surface area contributed by atoms with Crippen molar-refractivity contribution >= 4 is 31.7 Å². The quantitative estimate of drug-likeness (QED) is 0.0543. The molecule has 13 nitrogen and oxygen atoms in total. The van der Waals surface area contributed by atoms with Gasteiger partial charge in [0, 0.05) is 27.2 Å². The number of hydrogen-bond acceptors (Lipinski definition) is 11. The summed E-state index contributed by atoms with van der Waals surface area (Å²) < 4.78 is 57.3. The molecule has 1 fully saturated rings. The minimum Gasteiger partial charge on any atom is -0.462 e. The molecule has 6 atom stereocenters. The molecule has 0 bridgehead atoms. The molecule has 0 spiro atoms. The first-order valence-electron chi connectivity index (χ1n) is 16.5. The van der Waals surface area contributed by atoms with Crippen molar-refractivity contribution in [1.82, 2.24) is 0 Å². The second-order valence-corrected chi connectivity index (χ2v) is 12.9. The van der Waals surface area contributed by atoms with Gasteiger partial charge in [0.1, 0.15) is 12.7 Å². The third kappa shape index (κ3) is 18.9. The number of phosphoric acid groups is 1. The Kier molecular flexibility index (Phi) is 21.2. The van der Waals surface area contributed by atoms with E-state index in [-0.39, 0.29) is 6.42 Å². The average Bonchev–Trinajstić information content (AvgIpc) is 2.95. The Bertz CT molecular complexity index is 959. The van der Waals surface area contributed by atoms with Crippen LogP contribution in [0.25, 0.3) is 0 Å². The molecule has 0 saturated carbocycles. The summed E-state index contributed by atoms with van der Waals surface area (Å²) in [5, 5.41) is 0. The van der Waals surface area contributed by atoms with E-state index in [1.165, 1.54) is 64.2 Å². The van der Waals surface area contributed by atoms with Crippen molar-refractivity contribution in [2.75, 3.05) is 6.61 Å². The molecule has 0 aliphatic carbocycles. The van der Waals surface area contributed by atoms with E-state index in [2.05, 4.69) is 11.4 Å². The normalized spacial score (nSPS) is 22.1. The molecule has 0 unspecified atom stereocenters. The van der Waals surface area contributed by atoms with E-state index in [4.69, 9.17) is 23.7 Å². The lowest BCUT2D eigenvalue weighted by molar-refractivity contribution is -0.296. The first-order valence-corrected chi connectivity index (χ1v) is 18.0. The Morgan fingerprint density at radius 1 is 0.696 bits per heavy atom. The third-order valence-electron chi connectivity index (χ3n) is 7.42. The van der Waals surface area contributed by atoms with Crippen molar-refractivity contribution in [3.8, 4) is 0 Å². The summed E-state index contributed by atoms with van der Waals surface area (Å²) >= 11 is 0. The molecule has 0 aromatic carbocycles. The first kappa shape index (κ1) is 41.9. The number of unbranched alkanes of at least 4 members (excludes halogenated alkanes) is 14. The number of carbonyl (C=O) groups excluding carboxylic acids is 4. The van der Waals surface area contributed by atoms with Gasteiger partial charge in [0.15, 0.2) is 24.5 Å². The second-order valence-electron chi connectivity index (χ2n) is 11.7. The fourth-order valence-corrected chi connectivity index (χ4v) is 5.74. The zero-order valence-electron chi connectivity index (χ0n) is 27.7. The Morgan fingerprint density at radius 3 is 1.54 bits per heavy atom. The minimum atomic E-state index is -5.32. The van der Waals surface area contributed by atoms with E-state index in [0.29, 0.717) is 6.42 Å². The van der Waals surface area contributed by atoms with Crippen LogP contribution >= 0.6 is 7.82 Å². The number of carbonyl (C=O) groups is 4. The maximum Gasteiger partial charge on any atom is 0.472 e. The Balaban J connectivity index is 2.56. The van der Waals surface area contributed by atoms with Crippen LogP contribution in [0, 0.1) is 0 Å². The lowest BCUT2D eigenvalue weighted by Gasteiger charge is -2.44. The Hall–Kier alpha value is -2.12. The molecule has 2 N–H and O–H groups in total. The zero-order valence-corrected chi connectivity index (χ0v) is 28.6. The van der Waals surface area contributed by atoms with Gasteiger partial charge in [-0.2, -0.15) is 0 Å². The summed E-state index contributed by atoms with van der Waals surface area (Å²) in [6, 6.07) is 0. The maximum absolute atomic E-state index is 15.5. The van der Waals surface area contributed by atoms with E-state index >= 15 is 4.39 Å². The minimum absolute atomic E-state index is 0.0540. The van der Waals surface area contributed by atoms with Crippen LogP contribution in [0.4, 0.5) is 4.39 Å². The van der Waals surface area contributed by atoms with Crippen LogP contribution < -0.4 is 0 Å². The van der Waals surface area contributed by atoms with E-state index in [0.717, 1.165) is 46.5 Å². The highest BCUT2D eigenvalue weighted by atomic mass is 31.2. The van der Waals surface area contributed by atoms with Crippen molar-refractivity contribution in [1.29, 1.82) is 0 Å². The molecule has 1 aliphatic heterocycles. The van der Waals surface area contributed by atoms with Gasteiger partial charge in [-0.25, -0.2) is 8.96 Å². The highest BCUT2D eigenvalue weighted by Crippen LogP contribution is 2.42. The molecule has 1 aliphatic rings. The predicted octanol–water partition coefficient (Wildman–Crippen LogP) is 5.76. The van der Waals surface area contributed by atoms with Gasteiger partial charge >= 0.3 is 31.7 Å². The average molecular weight is 685 g/mol. The summed E-state index contributed by atoms with van der Waals surface area (Å²) in [7, 11) is -5.32. The number of phosphoric ester groups is 1. The van der Waals surface area contributed by atoms with Crippen LogP contribution in [0.5, 0.6) is 0 Å². The highest BCUT2D eigenvalue weighted by Gasteiger charge is 2.56. The summed E-state index contributed by atoms with van der Waals surface area (Å²) in [5.41, 5.74) is 0. The molecular weight excluding hydrogens is 630 g/mol. The molecule has 1 rings (SSSR count). The topological polar surface area (TPSA) is 181 Å². The molecule has 46 heavy (non-hydrogen) atoms.